The van der Waals surface area contributed by atoms with Gasteiger partial charge < -0.3 is 9.88 Å². The Kier molecular flexibility index (Phi) is 4.70. The van der Waals surface area contributed by atoms with Gasteiger partial charge in [0.1, 0.15) is 0 Å². The topological polar surface area (TPSA) is 51.1 Å². The van der Waals surface area contributed by atoms with Gasteiger partial charge in [-0.05, 0) is 49.6 Å². The zero-order valence-corrected chi connectivity index (χ0v) is 14.8. The van der Waals surface area contributed by atoms with E-state index < -0.39 is 0 Å². The quantitative estimate of drug-likeness (QED) is 0.785. The van der Waals surface area contributed by atoms with Crippen molar-refractivity contribution in [2.24, 2.45) is 0 Å². The maximum atomic E-state index is 12.4. The van der Waals surface area contributed by atoms with Crippen LogP contribution in [0.2, 0.25) is 0 Å². The molecule has 0 aliphatic heterocycles. The highest BCUT2D eigenvalue weighted by Gasteiger charge is 2.10. The van der Waals surface area contributed by atoms with E-state index in [0.29, 0.717) is 6.54 Å². The van der Waals surface area contributed by atoms with Crippen molar-refractivity contribution in [3.63, 3.8) is 0 Å². The second-order valence-corrected chi connectivity index (χ2v) is 6.38. The lowest BCUT2D eigenvalue weighted by atomic mass is 10.1. The van der Waals surface area contributed by atoms with E-state index in [1.54, 1.807) is 10.6 Å². The molecule has 0 saturated heterocycles. The number of aryl methyl sites for hydroxylation is 3. The summed E-state index contributed by atoms with van der Waals surface area (Å²) in [6, 6.07) is 15.3. The Morgan fingerprint density at radius 1 is 1.00 bits per heavy atom. The maximum Gasteiger partial charge on any atom is 0.251 e. The van der Waals surface area contributed by atoms with Gasteiger partial charge in [-0.25, -0.2) is 0 Å². The first kappa shape index (κ1) is 17.0. The van der Waals surface area contributed by atoms with Crippen LogP contribution in [0, 0.1) is 20.8 Å². The Labute approximate surface area is 147 Å². The van der Waals surface area contributed by atoms with E-state index in [-0.39, 0.29) is 17.9 Å². The van der Waals surface area contributed by atoms with Crippen molar-refractivity contribution < 1.29 is 4.79 Å². The number of benzene rings is 2. The molecular formula is C21H22N2O2. The van der Waals surface area contributed by atoms with Gasteiger partial charge >= 0.3 is 0 Å². The van der Waals surface area contributed by atoms with Crippen LogP contribution in [0.1, 0.15) is 23.1 Å². The highest BCUT2D eigenvalue weighted by atomic mass is 16.1. The Balaban J connectivity index is 1.80. The molecule has 3 rings (SSSR count). The highest BCUT2D eigenvalue weighted by Crippen LogP contribution is 2.19. The molecule has 0 fully saturated rings. The van der Waals surface area contributed by atoms with Crippen molar-refractivity contribution in [1.29, 1.82) is 0 Å². The van der Waals surface area contributed by atoms with Crippen molar-refractivity contribution in [3.05, 3.63) is 75.6 Å². The molecule has 25 heavy (non-hydrogen) atoms. The molecule has 4 nitrogen and oxygen atoms in total. The van der Waals surface area contributed by atoms with E-state index >= 15 is 0 Å². The summed E-state index contributed by atoms with van der Waals surface area (Å²) in [5.41, 5.74) is 4.78. The van der Waals surface area contributed by atoms with Crippen molar-refractivity contribution in [2.45, 2.75) is 33.7 Å². The van der Waals surface area contributed by atoms with Crippen LogP contribution < -0.4 is 10.9 Å². The van der Waals surface area contributed by atoms with Gasteiger partial charge in [-0.2, -0.15) is 0 Å². The number of carbonyl (C=O) groups is 1. The number of fused-ring (bicyclic) bond motifs is 1. The lowest BCUT2D eigenvalue weighted by Crippen LogP contribution is -2.23. The molecule has 0 aliphatic carbocycles. The lowest BCUT2D eigenvalue weighted by Gasteiger charge is -2.13. The molecule has 3 aromatic rings. The van der Waals surface area contributed by atoms with Crippen molar-refractivity contribution in [3.8, 4) is 0 Å². The van der Waals surface area contributed by atoms with E-state index in [9.17, 15) is 9.59 Å². The standard InChI is InChI=1S/C21H22N2O2/c1-14-7-6-9-18(16(14)3)22-20(24)11-12-23-19-10-5-4-8-17(19)15(2)13-21(23)25/h4-10,13H,11-12H2,1-3H3,(H,22,24). The zero-order chi connectivity index (χ0) is 18.0. The van der Waals surface area contributed by atoms with Gasteiger partial charge in [-0.1, -0.05) is 30.3 Å². The summed E-state index contributed by atoms with van der Waals surface area (Å²) in [4.78, 5) is 24.7. The third kappa shape index (κ3) is 3.48. The van der Waals surface area contributed by atoms with Gasteiger partial charge in [0.15, 0.2) is 0 Å². The minimum Gasteiger partial charge on any atom is -0.326 e. The van der Waals surface area contributed by atoms with Crippen LogP contribution in [-0.2, 0) is 11.3 Å². The number of aromatic nitrogens is 1. The van der Waals surface area contributed by atoms with Crippen LogP contribution in [0.3, 0.4) is 0 Å². The van der Waals surface area contributed by atoms with Crippen LogP contribution in [0.5, 0.6) is 0 Å². The summed E-state index contributed by atoms with van der Waals surface area (Å²) in [6.07, 6.45) is 0.250. The molecule has 0 bridgehead atoms. The molecule has 1 aromatic heterocycles. The van der Waals surface area contributed by atoms with Crippen LogP contribution in [0.25, 0.3) is 10.9 Å². The second-order valence-electron chi connectivity index (χ2n) is 6.38. The SMILES string of the molecule is Cc1cccc(NC(=O)CCn2c(=O)cc(C)c3ccccc32)c1C. The number of pyridine rings is 1. The third-order valence-electron chi connectivity index (χ3n) is 4.67. The van der Waals surface area contributed by atoms with Crippen LogP contribution in [-0.4, -0.2) is 10.5 Å². The molecule has 128 valence electrons. The third-order valence-corrected chi connectivity index (χ3v) is 4.67. The van der Waals surface area contributed by atoms with E-state index in [4.69, 9.17) is 0 Å². The monoisotopic (exact) mass is 334 g/mol. The molecule has 1 N–H and O–H groups in total. The molecular weight excluding hydrogens is 312 g/mol. The van der Waals surface area contributed by atoms with Crippen LogP contribution >= 0.6 is 0 Å². The van der Waals surface area contributed by atoms with Crippen LogP contribution in [0.4, 0.5) is 5.69 Å². The number of rotatable bonds is 4. The Morgan fingerprint density at radius 3 is 2.56 bits per heavy atom. The normalized spacial score (nSPS) is 10.8. The maximum absolute atomic E-state index is 12.4. The van der Waals surface area contributed by atoms with Gasteiger partial charge in [0, 0.05) is 30.1 Å². The van der Waals surface area contributed by atoms with Crippen LogP contribution in [0.15, 0.2) is 53.3 Å². The fraction of sp³-hybridized carbons (Fsp3) is 0.238. The van der Waals surface area contributed by atoms with Crippen molar-refractivity contribution in [2.75, 3.05) is 5.32 Å². The molecule has 4 heteroatoms. The van der Waals surface area contributed by atoms with E-state index in [1.165, 1.54) is 0 Å². The number of carbonyl (C=O) groups excluding carboxylic acids is 1. The number of anilines is 1. The fourth-order valence-corrected chi connectivity index (χ4v) is 3.05. The largest absolute Gasteiger partial charge is 0.326 e. The molecule has 0 aliphatic rings. The Hall–Kier alpha value is -2.88. The summed E-state index contributed by atoms with van der Waals surface area (Å²) in [5, 5.41) is 3.98. The van der Waals surface area contributed by atoms with E-state index in [2.05, 4.69) is 5.32 Å². The number of para-hydroxylation sites is 1. The van der Waals surface area contributed by atoms with E-state index in [1.807, 2.05) is 63.2 Å². The Bertz CT molecular complexity index is 1000. The number of amides is 1. The number of nitrogens with zero attached hydrogens (tertiary/aromatic N) is 1. The number of nitrogens with one attached hydrogen (secondary N) is 1. The first-order chi connectivity index (χ1) is 12.0. The summed E-state index contributed by atoms with van der Waals surface area (Å²) in [7, 11) is 0. The van der Waals surface area contributed by atoms with Gasteiger partial charge in [0.2, 0.25) is 5.91 Å². The Morgan fingerprint density at radius 2 is 1.76 bits per heavy atom. The van der Waals surface area contributed by atoms with Gasteiger partial charge in [0.25, 0.3) is 5.56 Å². The molecule has 0 radical (unpaired) electrons. The first-order valence-corrected chi connectivity index (χ1v) is 8.42. The van der Waals surface area contributed by atoms with Crippen molar-refractivity contribution >= 4 is 22.5 Å². The molecule has 2 aromatic carbocycles. The molecule has 0 saturated carbocycles. The van der Waals surface area contributed by atoms with Gasteiger partial charge in [0.05, 0.1) is 5.52 Å². The zero-order valence-electron chi connectivity index (χ0n) is 14.8. The predicted octanol–water partition coefficient (Wildman–Crippen LogP) is 3.96. The molecule has 0 atom stereocenters. The first-order valence-electron chi connectivity index (χ1n) is 8.42. The summed E-state index contributed by atoms with van der Waals surface area (Å²) < 4.78 is 1.67. The fourth-order valence-electron chi connectivity index (χ4n) is 3.05. The smallest absolute Gasteiger partial charge is 0.251 e. The minimum atomic E-state index is -0.0924. The molecule has 1 heterocycles. The average Bonchev–Trinajstić information content (AvgIpc) is 2.59. The molecule has 0 unspecified atom stereocenters. The average molecular weight is 334 g/mol. The molecule has 0 spiro atoms. The van der Waals surface area contributed by atoms with Gasteiger partial charge in [-0.15, -0.1) is 0 Å². The van der Waals surface area contributed by atoms with E-state index in [0.717, 1.165) is 33.3 Å². The molecule has 1 amide bonds. The predicted molar refractivity (Wildman–Crippen MR) is 102 cm³/mol. The lowest BCUT2D eigenvalue weighted by molar-refractivity contribution is -0.116. The summed E-state index contributed by atoms with van der Waals surface area (Å²) in [5.74, 6) is -0.0924. The van der Waals surface area contributed by atoms with Crippen molar-refractivity contribution in [1.82, 2.24) is 4.57 Å². The second kappa shape index (κ2) is 6.93. The summed E-state index contributed by atoms with van der Waals surface area (Å²) >= 11 is 0. The number of hydrogen-bond acceptors (Lipinski definition) is 2. The summed E-state index contributed by atoms with van der Waals surface area (Å²) in [6.45, 7) is 6.30. The highest BCUT2D eigenvalue weighted by molar-refractivity contribution is 5.91. The minimum absolute atomic E-state index is 0.0734. The number of hydrogen-bond donors (Lipinski definition) is 1. The van der Waals surface area contributed by atoms with Gasteiger partial charge in [-0.3, -0.25) is 9.59 Å².